The Morgan fingerprint density at radius 3 is 1.67 bits per heavy atom. The van der Waals surface area contributed by atoms with Crippen molar-refractivity contribution in [3.05, 3.63) is 29.1 Å². The molecule has 0 unspecified atom stereocenters. The third kappa shape index (κ3) is 5.08. The summed E-state index contributed by atoms with van der Waals surface area (Å²) >= 11 is 0. The van der Waals surface area contributed by atoms with Crippen LogP contribution in [0.2, 0.25) is 0 Å². The van der Waals surface area contributed by atoms with Crippen LogP contribution in [-0.4, -0.2) is 35.7 Å². The molecular weight excluding hydrogens is 377 g/mol. The van der Waals surface area contributed by atoms with E-state index in [9.17, 15) is 31.5 Å². The maximum atomic E-state index is 13.7. The zero-order valence-corrected chi connectivity index (χ0v) is 15.6. The van der Waals surface area contributed by atoms with Gasteiger partial charge in [-0.2, -0.15) is 8.78 Å². The van der Waals surface area contributed by atoms with Gasteiger partial charge >= 0.3 is 12.1 Å². The van der Waals surface area contributed by atoms with Crippen molar-refractivity contribution in [1.82, 2.24) is 4.90 Å². The molecule has 0 aliphatic carbocycles. The minimum Gasteiger partial charge on any atom is -0.444 e. The quantitative estimate of drug-likeness (QED) is 0.252. The van der Waals surface area contributed by atoms with Crippen molar-refractivity contribution in [3.63, 3.8) is 0 Å². The summed E-state index contributed by atoms with van der Waals surface area (Å²) in [4.78, 5) is 25.3. The van der Waals surface area contributed by atoms with E-state index < -0.39 is 64.5 Å². The molecule has 27 heavy (non-hydrogen) atoms. The maximum absolute atomic E-state index is 13.7. The summed E-state index contributed by atoms with van der Waals surface area (Å²) in [5, 5.41) is 0. The van der Waals surface area contributed by atoms with E-state index in [0.717, 1.165) is 4.90 Å². The molecule has 1 rings (SSSR count). The summed E-state index contributed by atoms with van der Waals surface area (Å²) in [6.45, 7) is 7.72. The number of esters is 1. The molecule has 0 aliphatic heterocycles. The van der Waals surface area contributed by atoms with E-state index in [-0.39, 0.29) is 0 Å². The van der Waals surface area contributed by atoms with Gasteiger partial charge in [-0.25, -0.2) is 22.8 Å². The van der Waals surface area contributed by atoms with Crippen LogP contribution >= 0.6 is 0 Å². The van der Waals surface area contributed by atoms with Crippen LogP contribution in [0.1, 0.15) is 34.6 Å². The van der Waals surface area contributed by atoms with Crippen LogP contribution in [0.4, 0.5) is 26.7 Å². The van der Waals surface area contributed by atoms with Crippen LogP contribution in [0.15, 0.2) is 0 Å². The van der Waals surface area contributed by atoms with E-state index in [1.54, 1.807) is 20.8 Å². The molecule has 0 saturated carbocycles. The molecule has 1 amide bonds. The number of likely N-dealkylation sites (N-methyl/N-ethyl adjacent to an activating group) is 1. The molecular formula is C17H20F5NO4. The first-order chi connectivity index (χ1) is 12.2. The average Bonchev–Trinajstić information content (AvgIpc) is 2.53. The lowest BCUT2D eigenvalue weighted by Gasteiger charge is -2.31. The molecule has 0 aromatic heterocycles. The molecule has 1 aromatic rings. The van der Waals surface area contributed by atoms with Crippen LogP contribution in [0.3, 0.4) is 0 Å². The van der Waals surface area contributed by atoms with Crippen LogP contribution < -0.4 is 4.74 Å². The first-order valence-electron chi connectivity index (χ1n) is 7.88. The molecule has 0 saturated heterocycles. The van der Waals surface area contributed by atoms with Crippen molar-refractivity contribution in [2.75, 3.05) is 7.05 Å². The monoisotopic (exact) mass is 397 g/mol. The number of carbonyl (C=O) groups excluding carboxylic acids is 2. The SMILES string of the molecule is CC(C)[C@@H](C(=O)Oc1c(F)c(F)c(F)c(F)c1F)N(C)C(=O)OC(C)(C)C. The maximum Gasteiger partial charge on any atom is 0.410 e. The van der Waals surface area contributed by atoms with Crippen LogP contribution in [-0.2, 0) is 9.53 Å². The van der Waals surface area contributed by atoms with Crippen molar-refractivity contribution in [1.29, 1.82) is 0 Å². The number of hydrogen-bond donors (Lipinski definition) is 0. The number of halogens is 5. The van der Waals surface area contributed by atoms with Gasteiger partial charge in [0.1, 0.15) is 11.6 Å². The molecule has 1 atom stereocenters. The lowest BCUT2D eigenvalue weighted by Crippen LogP contribution is -2.49. The fourth-order valence-electron chi connectivity index (χ4n) is 2.16. The summed E-state index contributed by atoms with van der Waals surface area (Å²) < 4.78 is 76.5. The van der Waals surface area contributed by atoms with Crippen LogP contribution in [0.25, 0.3) is 0 Å². The normalized spacial score (nSPS) is 12.7. The minimum atomic E-state index is -2.38. The zero-order chi connectivity index (χ0) is 21.3. The van der Waals surface area contributed by atoms with E-state index in [1.165, 1.54) is 20.9 Å². The van der Waals surface area contributed by atoms with Gasteiger partial charge in [0.05, 0.1) is 0 Å². The fraction of sp³-hybridized carbons (Fsp3) is 0.529. The van der Waals surface area contributed by atoms with Crippen molar-refractivity contribution in [3.8, 4) is 5.75 Å². The highest BCUT2D eigenvalue weighted by atomic mass is 19.2. The van der Waals surface area contributed by atoms with Gasteiger partial charge in [-0.3, -0.25) is 4.90 Å². The van der Waals surface area contributed by atoms with Crippen molar-refractivity contribution < 1.29 is 41.0 Å². The van der Waals surface area contributed by atoms with Gasteiger partial charge < -0.3 is 9.47 Å². The van der Waals surface area contributed by atoms with Gasteiger partial charge in [-0.15, -0.1) is 0 Å². The van der Waals surface area contributed by atoms with Gasteiger partial charge in [0.2, 0.25) is 34.8 Å². The number of carbonyl (C=O) groups is 2. The summed E-state index contributed by atoms with van der Waals surface area (Å²) in [5.74, 6) is -15.2. The minimum absolute atomic E-state index is 0.628. The summed E-state index contributed by atoms with van der Waals surface area (Å²) in [7, 11) is 1.18. The molecule has 0 N–H and O–H groups in total. The number of benzene rings is 1. The number of hydrogen-bond acceptors (Lipinski definition) is 4. The molecule has 0 bridgehead atoms. The highest BCUT2D eigenvalue weighted by Gasteiger charge is 2.36. The first-order valence-corrected chi connectivity index (χ1v) is 7.88. The van der Waals surface area contributed by atoms with Gasteiger partial charge in [0.15, 0.2) is 0 Å². The van der Waals surface area contributed by atoms with Crippen molar-refractivity contribution >= 4 is 12.1 Å². The zero-order valence-electron chi connectivity index (χ0n) is 15.6. The second-order valence-electron chi connectivity index (χ2n) is 7.10. The summed E-state index contributed by atoms with van der Waals surface area (Å²) in [6.07, 6.45) is -0.935. The smallest absolute Gasteiger partial charge is 0.410 e. The van der Waals surface area contributed by atoms with E-state index in [2.05, 4.69) is 4.74 Å². The third-order valence-corrected chi connectivity index (χ3v) is 3.34. The predicted molar refractivity (Wildman–Crippen MR) is 84.5 cm³/mol. The molecule has 10 heteroatoms. The van der Waals surface area contributed by atoms with Crippen molar-refractivity contribution in [2.45, 2.75) is 46.3 Å². The van der Waals surface area contributed by atoms with Gasteiger partial charge in [0, 0.05) is 7.05 Å². The van der Waals surface area contributed by atoms with Crippen LogP contribution in [0, 0.1) is 35.0 Å². The van der Waals surface area contributed by atoms with Gasteiger partial charge in [-0.05, 0) is 26.7 Å². The van der Waals surface area contributed by atoms with Crippen LogP contribution in [0.5, 0.6) is 5.75 Å². The number of ether oxygens (including phenoxy) is 2. The molecule has 0 aliphatic rings. The molecule has 0 spiro atoms. The Labute approximate surface area is 153 Å². The molecule has 1 aromatic carbocycles. The topological polar surface area (TPSA) is 55.8 Å². The standard InChI is InChI=1S/C17H20F5NO4/c1-7(2)13(23(6)16(25)27-17(3,4)5)15(24)26-14-11(21)9(19)8(18)10(20)12(14)22/h7,13H,1-6H3/t13-/m0/s1. The first kappa shape index (κ1) is 22.7. The van der Waals surface area contributed by atoms with E-state index in [4.69, 9.17) is 4.74 Å². The Kier molecular flexibility index (Phi) is 6.79. The van der Waals surface area contributed by atoms with E-state index >= 15 is 0 Å². The largest absolute Gasteiger partial charge is 0.444 e. The Hall–Kier alpha value is -2.39. The Balaban J connectivity index is 3.20. The lowest BCUT2D eigenvalue weighted by atomic mass is 10.0. The number of nitrogens with zero attached hydrogens (tertiary/aromatic N) is 1. The van der Waals surface area contributed by atoms with Gasteiger partial charge in [0.25, 0.3) is 0 Å². The van der Waals surface area contributed by atoms with Crippen molar-refractivity contribution in [2.24, 2.45) is 5.92 Å². The molecule has 152 valence electrons. The summed E-state index contributed by atoms with van der Waals surface area (Å²) in [6, 6.07) is -1.41. The second-order valence-corrected chi connectivity index (χ2v) is 7.10. The molecule has 0 heterocycles. The molecule has 0 radical (unpaired) electrons. The number of amides is 1. The highest BCUT2D eigenvalue weighted by molar-refractivity contribution is 5.83. The van der Waals surface area contributed by atoms with E-state index in [0.29, 0.717) is 0 Å². The van der Waals surface area contributed by atoms with E-state index in [1.807, 2.05) is 0 Å². The Morgan fingerprint density at radius 1 is 0.889 bits per heavy atom. The number of rotatable bonds is 4. The predicted octanol–water partition coefficient (Wildman–Crippen LogP) is 4.18. The third-order valence-electron chi connectivity index (χ3n) is 3.34. The lowest BCUT2D eigenvalue weighted by molar-refractivity contribution is -0.142. The fourth-order valence-corrected chi connectivity index (χ4v) is 2.16. The van der Waals surface area contributed by atoms with Gasteiger partial charge in [-0.1, -0.05) is 13.8 Å². The summed E-state index contributed by atoms with van der Waals surface area (Å²) in [5.41, 5.74) is -0.891. The highest BCUT2D eigenvalue weighted by Crippen LogP contribution is 2.30. The molecule has 0 fully saturated rings. The Morgan fingerprint density at radius 2 is 1.30 bits per heavy atom. The Bertz CT molecular complexity index is 717. The second kappa shape index (κ2) is 8.10. The molecule has 5 nitrogen and oxygen atoms in total. The average molecular weight is 397 g/mol.